The van der Waals surface area contributed by atoms with Gasteiger partial charge < -0.3 is 15.3 Å². The molecule has 4 nitrogen and oxygen atoms in total. The predicted octanol–water partition coefficient (Wildman–Crippen LogP) is 2.67. The summed E-state index contributed by atoms with van der Waals surface area (Å²) in [4.78, 5) is 13.0. The number of rotatable bonds is 7. The zero-order chi connectivity index (χ0) is 14.4. The van der Waals surface area contributed by atoms with Gasteiger partial charge in [-0.05, 0) is 38.2 Å². The van der Waals surface area contributed by atoms with Crippen molar-refractivity contribution in [3.8, 4) is 0 Å². The van der Waals surface area contributed by atoms with Gasteiger partial charge in [0.05, 0.1) is 5.56 Å². The minimum Gasteiger partial charge on any atom is -0.478 e. The maximum atomic E-state index is 13.5. The Morgan fingerprint density at radius 1 is 1.42 bits per heavy atom. The molecule has 0 saturated carbocycles. The number of benzene rings is 1. The highest BCUT2D eigenvalue weighted by molar-refractivity contribution is 5.88. The van der Waals surface area contributed by atoms with E-state index in [1.54, 1.807) is 6.07 Å². The second-order valence-electron chi connectivity index (χ2n) is 4.53. The van der Waals surface area contributed by atoms with Gasteiger partial charge in [-0.25, -0.2) is 9.18 Å². The summed E-state index contributed by atoms with van der Waals surface area (Å²) in [5, 5.41) is 11.9. The Morgan fingerprint density at radius 3 is 2.53 bits per heavy atom. The van der Waals surface area contributed by atoms with Gasteiger partial charge in [-0.2, -0.15) is 0 Å². The largest absolute Gasteiger partial charge is 0.478 e. The van der Waals surface area contributed by atoms with Crippen molar-refractivity contribution in [1.29, 1.82) is 0 Å². The fraction of sp³-hybridized carbons (Fsp3) is 0.500. The van der Waals surface area contributed by atoms with Crippen LogP contribution in [0.3, 0.4) is 0 Å². The summed E-state index contributed by atoms with van der Waals surface area (Å²) in [5.41, 5.74) is 0.295. The number of aromatic carboxylic acids is 1. The van der Waals surface area contributed by atoms with E-state index in [0.717, 1.165) is 19.6 Å². The van der Waals surface area contributed by atoms with E-state index in [1.165, 1.54) is 12.1 Å². The molecule has 0 aliphatic rings. The van der Waals surface area contributed by atoms with Gasteiger partial charge in [-0.1, -0.05) is 13.8 Å². The van der Waals surface area contributed by atoms with Crippen LogP contribution in [0.2, 0.25) is 0 Å². The summed E-state index contributed by atoms with van der Waals surface area (Å²) < 4.78 is 13.5. The van der Waals surface area contributed by atoms with Crippen LogP contribution < -0.4 is 5.32 Å². The molecule has 0 radical (unpaired) electrons. The lowest BCUT2D eigenvalue weighted by molar-refractivity contribution is 0.0692. The number of likely N-dealkylation sites (N-methyl/N-ethyl adjacent to an activating group) is 1. The zero-order valence-electron chi connectivity index (χ0n) is 11.6. The van der Waals surface area contributed by atoms with Gasteiger partial charge in [-0.15, -0.1) is 0 Å². The molecule has 0 bridgehead atoms. The molecule has 19 heavy (non-hydrogen) atoms. The Kier molecular flexibility index (Phi) is 5.76. The van der Waals surface area contributed by atoms with Gasteiger partial charge >= 0.3 is 5.97 Å². The van der Waals surface area contributed by atoms with E-state index in [1.807, 2.05) is 6.92 Å². The quantitative estimate of drug-likeness (QED) is 0.798. The van der Waals surface area contributed by atoms with Gasteiger partial charge in [-0.3, -0.25) is 0 Å². The first kappa shape index (κ1) is 15.4. The number of nitrogens with zero attached hydrogens (tertiary/aromatic N) is 1. The molecule has 0 spiro atoms. The number of carboxylic acids is 1. The van der Waals surface area contributed by atoms with Crippen molar-refractivity contribution in [2.45, 2.75) is 26.8 Å². The molecule has 106 valence electrons. The summed E-state index contributed by atoms with van der Waals surface area (Å²) >= 11 is 0. The van der Waals surface area contributed by atoms with E-state index in [9.17, 15) is 9.18 Å². The summed E-state index contributed by atoms with van der Waals surface area (Å²) in [7, 11) is 0. The second kappa shape index (κ2) is 7.09. The Balaban J connectivity index is 2.67. The number of carboxylic acid groups (broad SMARTS) is 1. The van der Waals surface area contributed by atoms with E-state index in [4.69, 9.17) is 5.11 Å². The van der Waals surface area contributed by atoms with Gasteiger partial charge in [0.25, 0.3) is 0 Å². The highest BCUT2D eigenvalue weighted by atomic mass is 19.1. The van der Waals surface area contributed by atoms with Crippen molar-refractivity contribution >= 4 is 11.7 Å². The number of hydrogen-bond donors (Lipinski definition) is 2. The topological polar surface area (TPSA) is 52.6 Å². The first-order valence-electron chi connectivity index (χ1n) is 6.49. The van der Waals surface area contributed by atoms with Gasteiger partial charge in [0.15, 0.2) is 0 Å². The molecule has 0 heterocycles. The first-order valence-corrected chi connectivity index (χ1v) is 6.49. The van der Waals surface area contributed by atoms with Crippen LogP contribution in [0.5, 0.6) is 0 Å². The van der Waals surface area contributed by atoms with Crippen LogP contribution in [-0.4, -0.2) is 41.7 Å². The fourth-order valence-corrected chi connectivity index (χ4v) is 1.98. The van der Waals surface area contributed by atoms with E-state index < -0.39 is 11.8 Å². The molecule has 0 aliphatic carbocycles. The highest BCUT2D eigenvalue weighted by Crippen LogP contribution is 2.15. The number of carbonyl (C=O) groups is 1. The fourth-order valence-electron chi connectivity index (χ4n) is 1.98. The van der Waals surface area contributed by atoms with Crippen molar-refractivity contribution in [2.24, 2.45) is 0 Å². The van der Waals surface area contributed by atoms with Crippen LogP contribution in [0.25, 0.3) is 0 Å². The van der Waals surface area contributed by atoms with Crippen LogP contribution >= 0.6 is 0 Å². The second-order valence-corrected chi connectivity index (χ2v) is 4.53. The molecule has 1 aromatic carbocycles. The normalized spacial score (nSPS) is 12.5. The minimum atomic E-state index is -1.25. The molecule has 1 aromatic rings. The number of anilines is 1. The van der Waals surface area contributed by atoms with Crippen molar-refractivity contribution in [3.05, 3.63) is 29.6 Å². The smallest absolute Gasteiger partial charge is 0.338 e. The van der Waals surface area contributed by atoms with E-state index in [2.05, 4.69) is 24.1 Å². The molecule has 0 saturated heterocycles. The molecule has 0 fully saturated rings. The molecule has 2 N–H and O–H groups in total. The molecule has 0 aliphatic heterocycles. The van der Waals surface area contributed by atoms with Crippen molar-refractivity contribution in [3.63, 3.8) is 0 Å². The molecule has 0 aromatic heterocycles. The standard InChI is InChI=1S/C14H21FN2O2/c1-4-17(5-2)9-10(3)16-11-6-7-12(14(18)19)13(15)8-11/h6-8,10,16H,4-5,9H2,1-3H3,(H,18,19). The molecule has 0 amide bonds. The maximum absolute atomic E-state index is 13.5. The molecular weight excluding hydrogens is 247 g/mol. The van der Waals surface area contributed by atoms with Gasteiger partial charge in [0.1, 0.15) is 5.82 Å². The van der Waals surface area contributed by atoms with E-state index >= 15 is 0 Å². The number of halogens is 1. The lowest BCUT2D eigenvalue weighted by Crippen LogP contribution is -2.34. The summed E-state index contributed by atoms with van der Waals surface area (Å²) in [5.74, 6) is -1.97. The van der Waals surface area contributed by atoms with Crippen LogP contribution in [0.1, 0.15) is 31.1 Å². The zero-order valence-corrected chi connectivity index (χ0v) is 11.6. The van der Waals surface area contributed by atoms with Crippen molar-refractivity contribution in [2.75, 3.05) is 25.0 Å². The lowest BCUT2D eigenvalue weighted by atomic mass is 10.2. The van der Waals surface area contributed by atoms with E-state index in [0.29, 0.717) is 5.69 Å². The lowest BCUT2D eigenvalue weighted by Gasteiger charge is -2.24. The monoisotopic (exact) mass is 268 g/mol. The Labute approximate surface area is 113 Å². The SMILES string of the molecule is CCN(CC)CC(C)Nc1ccc(C(=O)O)c(F)c1. The van der Waals surface area contributed by atoms with Crippen LogP contribution in [0.15, 0.2) is 18.2 Å². The number of hydrogen-bond acceptors (Lipinski definition) is 3. The molecule has 5 heteroatoms. The molecular formula is C14H21FN2O2. The Hall–Kier alpha value is -1.62. The number of nitrogens with one attached hydrogen (secondary N) is 1. The Morgan fingerprint density at radius 2 is 2.05 bits per heavy atom. The third kappa shape index (κ3) is 4.52. The highest BCUT2D eigenvalue weighted by Gasteiger charge is 2.12. The van der Waals surface area contributed by atoms with Crippen LogP contribution in [0, 0.1) is 5.82 Å². The third-order valence-electron chi connectivity index (χ3n) is 3.04. The molecule has 1 atom stereocenters. The van der Waals surface area contributed by atoms with Crippen molar-refractivity contribution < 1.29 is 14.3 Å². The average molecular weight is 268 g/mol. The predicted molar refractivity (Wildman–Crippen MR) is 74.2 cm³/mol. The van der Waals surface area contributed by atoms with Crippen molar-refractivity contribution in [1.82, 2.24) is 4.90 Å². The van der Waals surface area contributed by atoms with E-state index in [-0.39, 0.29) is 11.6 Å². The molecule has 1 unspecified atom stereocenters. The summed E-state index contributed by atoms with van der Waals surface area (Å²) in [6.45, 7) is 9.00. The van der Waals surface area contributed by atoms with Crippen LogP contribution in [-0.2, 0) is 0 Å². The summed E-state index contributed by atoms with van der Waals surface area (Å²) in [6.07, 6.45) is 0. The first-order chi connectivity index (χ1) is 8.97. The maximum Gasteiger partial charge on any atom is 0.338 e. The van der Waals surface area contributed by atoms with Crippen LogP contribution in [0.4, 0.5) is 10.1 Å². The molecule has 1 rings (SSSR count). The van der Waals surface area contributed by atoms with Gasteiger partial charge in [0, 0.05) is 18.3 Å². The third-order valence-corrected chi connectivity index (χ3v) is 3.04. The average Bonchev–Trinajstić information content (AvgIpc) is 2.35. The minimum absolute atomic E-state index is 0.162. The summed E-state index contributed by atoms with van der Waals surface area (Å²) in [6, 6.07) is 4.26. The Bertz CT molecular complexity index is 433. The van der Waals surface area contributed by atoms with Gasteiger partial charge in [0.2, 0.25) is 0 Å².